The number of rotatable bonds is 2. The van der Waals surface area contributed by atoms with E-state index in [1.54, 1.807) is 0 Å². The molecule has 2 aromatic carbocycles. The summed E-state index contributed by atoms with van der Waals surface area (Å²) in [6, 6.07) is 15.2. The molecule has 1 N–H and O–H groups in total. The number of para-hydroxylation sites is 1. The molecule has 19 heavy (non-hydrogen) atoms. The molecule has 1 heterocycles. The van der Waals surface area contributed by atoms with Crippen molar-refractivity contribution in [2.24, 2.45) is 0 Å². The second-order valence-corrected chi connectivity index (χ2v) is 5.22. The van der Waals surface area contributed by atoms with E-state index >= 15 is 0 Å². The topological polar surface area (TPSA) is 15.3 Å². The molecule has 0 saturated carbocycles. The van der Waals surface area contributed by atoms with Crippen molar-refractivity contribution >= 4 is 17.1 Å². The highest BCUT2D eigenvalue weighted by molar-refractivity contribution is 5.69. The molecule has 0 radical (unpaired) electrons. The molecule has 0 aromatic heterocycles. The molecule has 2 nitrogen and oxygen atoms in total. The summed E-state index contributed by atoms with van der Waals surface area (Å²) in [5.74, 6) is 0. The fourth-order valence-electron chi connectivity index (χ4n) is 2.75. The maximum Gasteiger partial charge on any atom is 0.0437 e. The monoisotopic (exact) mass is 252 g/mol. The van der Waals surface area contributed by atoms with Crippen LogP contribution in [0.5, 0.6) is 0 Å². The Hall–Kier alpha value is -1.96. The minimum Gasteiger partial charge on any atom is -0.385 e. The summed E-state index contributed by atoms with van der Waals surface area (Å²) >= 11 is 0. The summed E-state index contributed by atoms with van der Waals surface area (Å²) in [6.45, 7) is 3.26. The highest BCUT2D eigenvalue weighted by Gasteiger charge is 2.12. The zero-order valence-electron chi connectivity index (χ0n) is 11.6. The maximum absolute atomic E-state index is 3.46. The van der Waals surface area contributed by atoms with Crippen LogP contribution in [0.15, 0.2) is 42.5 Å². The molecule has 2 heteroatoms. The van der Waals surface area contributed by atoms with Crippen molar-refractivity contribution in [1.29, 1.82) is 0 Å². The minimum atomic E-state index is 1.10. The Balaban J connectivity index is 1.96. The van der Waals surface area contributed by atoms with Crippen molar-refractivity contribution in [3.63, 3.8) is 0 Å². The van der Waals surface area contributed by atoms with Crippen LogP contribution in [0.1, 0.15) is 17.5 Å². The number of anilines is 3. The van der Waals surface area contributed by atoms with Gasteiger partial charge in [-0.3, -0.25) is 0 Å². The first kappa shape index (κ1) is 12.1. The van der Waals surface area contributed by atoms with E-state index in [0.717, 1.165) is 6.54 Å². The van der Waals surface area contributed by atoms with Crippen LogP contribution in [0, 0.1) is 6.92 Å². The summed E-state index contributed by atoms with van der Waals surface area (Å²) in [5, 5.41) is 3.46. The van der Waals surface area contributed by atoms with Gasteiger partial charge in [0.25, 0.3) is 0 Å². The number of hydrogen-bond donors (Lipinski definition) is 1. The maximum atomic E-state index is 3.46. The zero-order valence-corrected chi connectivity index (χ0v) is 11.6. The second kappa shape index (κ2) is 4.96. The van der Waals surface area contributed by atoms with E-state index in [0.29, 0.717) is 0 Å². The Morgan fingerprint density at radius 2 is 1.95 bits per heavy atom. The molecule has 0 bridgehead atoms. The molecule has 0 spiro atoms. The van der Waals surface area contributed by atoms with Gasteiger partial charge < -0.3 is 10.2 Å². The number of aryl methyl sites for hydroxylation is 2. The lowest BCUT2D eigenvalue weighted by atomic mass is 10.0. The number of nitrogens with one attached hydrogen (secondary N) is 1. The molecule has 98 valence electrons. The van der Waals surface area contributed by atoms with E-state index in [4.69, 9.17) is 0 Å². The molecule has 0 saturated heterocycles. The lowest BCUT2D eigenvalue weighted by Crippen LogP contribution is -2.14. The number of hydrogen-bond acceptors (Lipinski definition) is 2. The van der Waals surface area contributed by atoms with Crippen LogP contribution in [-0.2, 0) is 6.42 Å². The standard InChI is InChI=1S/C17H20N2/c1-13-6-3-4-8-17(13)19(2)15-9-10-16-14(12-15)7-5-11-18-16/h3-4,6,8-10,12,18H,5,7,11H2,1-2H3. The predicted octanol–water partition coefficient (Wildman–Crippen LogP) is 4.12. The number of benzene rings is 2. The molecule has 0 atom stereocenters. The van der Waals surface area contributed by atoms with Crippen LogP contribution in [0.25, 0.3) is 0 Å². The molecule has 0 fully saturated rings. The highest BCUT2D eigenvalue weighted by atomic mass is 15.1. The summed E-state index contributed by atoms with van der Waals surface area (Å²) in [4.78, 5) is 2.27. The quantitative estimate of drug-likeness (QED) is 0.865. The van der Waals surface area contributed by atoms with Crippen molar-refractivity contribution in [3.8, 4) is 0 Å². The van der Waals surface area contributed by atoms with Crippen LogP contribution < -0.4 is 10.2 Å². The smallest absolute Gasteiger partial charge is 0.0437 e. The van der Waals surface area contributed by atoms with Crippen LogP contribution in [-0.4, -0.2) is 13.6 Å². The third-order valence-corrected chi connectivity index (χ3v) is 3.89. The van der Waals surface area contributed by atoms with E-state index in [1.165, 1.54) is 41.0 Å². The largest absolute Gasteiger partial charge is 0.385 e. The van der Waals surface area contributed by atoms with E-state index in [2.05, 4.69) is 66.7 Å². The fourth-order valence-corrected chi connectivity index (χ4v) is 2.75. The minimum absolute atomic E-state index is 1.10. The Morgan fingerprint density at radius 1 is 1.11 bits per heavy atom. The van der Waals surface area contributed by atoms with Gasteiger partial charge in [0.2, 0.25) is 0 Å². The molecule has 1 aliphatic rings. The molecule has 0 amide bonds. The first-order valence-electron chi connectivity index (χ1n) is 6.92. The molecular weight excluding hydrogens is 232 g/mol. The molecule has 3 rings (SSSR count). The summed E-state index contributed by atoms with van der Waals surface area (Å²) in [6.07, 6.45) is 2.41. The molecular formula is C17H20N2. The van der Waals surface area contributed by atoms with Crippen molar-refractivity contribution in [3.05, 3.63) is 53.6 Å². The van der Waals surface area contributed by atoms with Crippen molar-refractivity contribution in [2.45, 2.75) is 19.8 Å². The number of nitrogens with zero attached hydrogens (tertiary/aromatic N) is 1. The third-order valence-electron chi connectivity index (χ3n) is 3.89. The second-order valence-electron chi connectivity index (χ2n) is 5.22. The summed E-state index contributed by atoms with van der Waals surface area (Å²) < 4.78 is 0. The van der Waals surface area contributed by atoms with Gasteiger partial charge in [-0.05, 0) is 55.2 Å². The third kappa shape index (κ3) is 2.30. The Labute approximate surface area is 115 Å². The van der Waals surface area contributed by atoms with Gasteiger partial charge in [0, 0.05) is 30.7 Å². The molecule has 0 unspecified atom stereocenters. The lowest BCUT2D eigenvalue weighted by Gasteiger charge is -2.25. The average Bonchev–Trinajstić information content (AvgIpc) is 2.46. The average molecular weight is 252 g/mol. The SMILES string of the molecule is Cc1ccccc1N(C)c1ccc2c(c1)CCCN2. The zero-order chi connectivity index (χ0) is 13.2. The van der Waals surface area contributed by atoms with Crippen LogP contribution in [0.2, 0.25) is 0 Å². The Morgan fingerprint density at radius 3 is 2.79 bits per heavy atom. The lowest BCUT2D eigenvalue weighted by molar-refractivity contribution is 0.830. The fraction of sp³-hybridized carbons (Fsp3) is 0.294. The molecule has 0 aliphatic carbocycles. The van der Waals surface area contributed by atoms with Gasteiger partial charge in [-0.1, -0.05) is 18.2 Å². The van der Waals surface area contributed by atoms with Gasteiger partial charge in [-0.15, -0.1) is 0 Å². The number of fused-ring (bicyclic) bond motifs is 1. The van der Waals surface area contributed by atoms with Gasteiger partial charge >= 0.3 is 0 Å². The van der Waals surface area contributed by atoms with Crippen LogP contribution in [0.3, 0.4) is 0 Å². The van der Waals surface area contributed by atoms with Crippen molar-refractivity contribution in [1.82, 2.24) is 0 Å². The van der Waals surface area contributed by atoms with E-state index in [9.17, 15) is 0 Å². The van der Waals surface area contributed by atoms with Gasteiger partial charge in [0.05, 0.1) is 0 Å². The normalized spacial score (nSPS) is 13.6. The van der Waals surface area contributed by atoms with E-state index in [-0.39, 0.29) is 0 Å². The molecule has 2 aromatic rings. The van der Waals surface area contributed by atoms with Gasteiger partial charge in [0.1, 0.15) is 0 Å². The van der Waals surface area contributed by atoms with Crippen molar-refractivity contribution < 1.29 is 0 Å². The van der Waals surface area contributed by atoms with Crippen molar-refractivity contribution in [2.75, 3.05) is 23.8 Å². The van der Waals surface area contributed by atoms with Crippen LogP contribution >= 0.6 is 0 Å². The Kier molecular flexibility index (Phi) is 3.16. The summed E-state index contributed by atoms with van der Waals surface area (Å²) in [5.41, 5.74) is 6.57. The van der Waals surface area contributed by atoms with Gasteiger partial charge in [0.15, 0.2) is 0 Å². The van der Waals surface area contributed by atoms with Crippen LogP contribution in [0.4, 0.5) is 17.1 Å². The summed E-state index contributed by atoms with van der Waals surface area (Å²) in [7, 11) is 2.14. The van der Waals surface area contributed by atoms with E-state index in [1.807, 2.05) is 0 Å². The van der Waals surface area contributed by atoms with Gasteiger partial charge in [-0.25, -0.2) is 0 Å². The van der Waals surface area contributed by atoms with E-state index < -0.39 is 0 Å². The predicted molar refractivity (Wildman–Crippen MR) is 82.5 cm³/mol. The van der Waals surface area contributed by atoms with Gasteiger partial charge in [-0.2, -0.15) is 0 Å². The first-order chi connectivity index (χ1) is 9.25. The molecule has 1 aliphatic heterocycles. The first-order valence-corrected chi connectivity index (χ1v) is 6.92. The highest BCUT2D eigenvalue weighted by Crippen LogP contribution is 2.31. The Bertz CT molecular complexity index is 590.